The van der Waals surface area contributed by atoms with Gasteiger partial charge in [-0.2, -0.15) is 13.2 Å². The minimum atomic E-state index is -4.26. The maximum atomic E-state index is 11.8. The zero-order valence-corrected chi connectivity index (χ0v) is 8.92. The lowest BCUT2D eigenvalue weighted by Gasteiger charge is -2.10. The SMILES string of the molecule is CCNc1nccn1CCOCC(F)(F)F. The molecule has 1 N–H and O–H groups in total. The zero-order chi connectivity index (χ0) is 12.0. The van der Waals surface area contributed by atoms with Crippen molar-refractivity contribution in [3.05, 3.63) is 12.4 Å². The Kier molecular flexibility index (Phi) is 4.60. The van der Waals surface area contributed by atoms with Crippen molar-refractivity contribution in [3.63, 3.8) is 0 Å². The van der Waals surface area contributed by atoms with Crippen LogP contribution in [0.1, 0.15) is 6.92 Å². The summed E-state index contributed by atoms with van der Waals surface area (Å²) in [5, 5.41) is 2.99. The highest BCUT2D eigenvalue weighted by molar-refractivity contribution is 5.25. The molecule has 92 valence electrons. The number of alkyl halides is 3. The molecule has 1 aromatic heterocycles. The average molecular weight is 237 g/mol. The molecular formula is C9H14F3N3O. The molecule has 1 aromatic rings. The molecule has 1 heterocycles. The summed E-state index contributed by atoms with van der Waals surface area (Å²) in [5.41, 5.74) is 0. The first-order valence-corrected chi connectivity index (χ1v) is 4.92. The van der Waals surface area contributed by atoms with Gasteiger partial charge in [0.25, 0.3) is 0 Å². The zero-order valence-electron chi connectivity index (χ0n) is 8.92. The van der Waals surface area contributed by atoms with E-state index < -0.39 is 12.8 Å². The van der Waals surface area contributed by atoms with Crippen LogP contribution in [0.3, 0.4) is 0 Å². The molecule has 0 aliphatic rings. The Balaban J connectivity index is 2.29. The number of anilines is 1. The molecular weight excluding hydrogens is 223 g/mol. The lowest BCUT2D eigenvalue weighted by molar-refractivity contribution is -0.174. The smallest absolute Gasteiger partial charge is 0.370 e. The molecule has 0 aliphatic heterocycles. The standard InChI is InChI=1S/C9H14F3N3O/c1-2-13-8-14-3-4-15(8)5-6-16-7-9(10,11)12/h3-4H,2,5-7H2,1H3,(H,13,14). The number of nitrogens with zero attached hydrogens (tertiary/aromatic N) is 2. The summed E-state index contributed by atoms with van der Waals surface area (Å²) in [5.74, 6) is 0.637. The van der Waals surface area contributed by atoms with E-state index in [1.165, 1.54) is 0 Å². The van der Waals surface area contributed by atoms with E-state index in [9.17, 15) is 13.2 Å². The molecule has 0 aromatic carbocycles. The Morgan fingerprint density at radius 1 is 1.50 bits per heavy atom. The van der Waals surface area contributed by atoms with Crippen LogP contribution < -0.4 is 5.32 Å². The Morgan fingerprint density at radius 2 is 2.25 bits per heavy atom. The average Bonchev–Trinajstić information content (AvgIpc) is 2.60. The lowest BCUT2D eigenvalue weighted by Crippen LogP contribution is -2.19. The van der Waals surface area contributed by atoms with Crippen molar-refractivity contribution < 1.29 is 17.9 Å². The third-order valence-corrected chi connectivity index (χ3v) is 1.79. The van der Waals surface area contributed by atoms with Crippen molar-refractivity contribution in [2.45, 2.75) is 19.6 Å². The van der Waals surface area contributed by atoms with Gasteiger partial charge < -0.3 is 14.6 Å². The molecule has 16 heavy (non-hydrogen) atoms. The number of hydrogen-bond donors (Lipinski definition) is 1. The second-order valence-corrected chi connectivity index (χ2v) is 3.14. The molecule has 7 heteroatoms. The van der Waals surface area contributed by atoms with E-state index in [0.717, 1.165) is 0 Å². The second kappa shape index (κ2) is 5.74. The van der Waals surface area contributed by atoms with Crippen LogP contribution in [-0.4, -0.2) is 35.5 Å². The molecule has 4 nitrogen and oxygen atoms in total. The van der Waals surface area contributed by atoms with Gasteiger partial charge in [0.15, 0.2) is 0 Å². The Morgan fingerprint density at radius 3 is 2.88 bits per heavy atom. The van der Waals surface area contributed by atoms with E-state index in [0.29, 0.717) is 19.0 Å². The number of nitrogens with one attached hydrogen (secondary N) is 1. The van der Waals surface area contributed by atoms with Gasteiger partial charge in [0.1, 0.15) is 6.61 Å². The summed E-state index contributed by atoms with van der Waals surface area (Å²) in [6.07, 6.45) is -0.990. The molecule has 0 spiro atoms. The first-order chi connectivity index (χ1) is 7.53. The third-order valence-electron chi connectivity index (χ3n) is 1.79. The maximum absolute atomic E-state index is 11.8. The predicted molar refractivity (Wildman–Crippen MR) is 53.3 cm³/mol. The molecule has 0 fully saturated rings. The van der Waals surface area contributed by atoms with Crippen molar-refractivity contribution in [1.29, 1.82) is 0 Å². The number of halogens is 3. The van der Waals surface area contributed by atoms with E-state index in [-0.39, 0.29) is 6.61 Å². The molecule has 0 unspecified atom stereocenters. The van der Waals surface area contributed by atoms with Crippen molar-refractivity contribution in [2.24, 2.45) is 0 Å². The highest BCUT2D eigenvalue weighted by Gasteiger charge is 2.27. The van der Waals surface area contributed by atoms with Crippen LogP contribution in [0.15, 0.2) is 12.4 Å². The number of ether oxygens (including phenoxy) is 1. The lowest BCUT2D eigenvalue weighted by atomic mass is 10.6. The number of rotatable bonds is 6. The Labute approximate surface area is 91.4 Å². The summed E-state index contributed by atoms with van der Waals surface area (Å²) in [6, 6.07) is 0. The molecule has 0 saturated heterocycles. The van der Waals surface area contributed by atoms with Gasteiger partial charge in [0.2, 0.25) is 5.95 Å². The largest absolute Gasteiger partial charge is 0.411 e. The first kappa shape index (κ1) is 12.8. The van der Waals surface area contributed by atoms with Gasteiger partial charge in [-0.15, -0.1) is 0 Å². The Hall–Kier alpha value is -1.24. The van der Waals surface area contributed by atoms with E-state index in [4.69, 9.17) is 0 Å². The van der Waals surface area contributed by atoms with Gasteiger partial charge >= 0.3 is 6.18 Å². The number of aromatic nitrogens is 2. The number of imidazole rings is 1. The topological polar surface area (TPSA) is 39.1 Å². The van der Waals surface area contributed by atoms with Crippen LogP contribution in [0.5, 0.6) is 0 Å². The van der Waals surface area contributed by atoms with E-state index in [1.807, 2.05) is 6.92 Å². The normalized spacial score (nSPS) is 11.8. The summed E-state index contributed by atoms with van der Waals surface area (Å²) in [6.45, 7) is 1.77. The van der Waals surface area contributed by atoms with Crippen LogP contribution in [0.25, 0.3) is 0 Å². The minimum Gasteiger partial charge on any atom is -0.370 e. The van der Waals surface area contributed by atoms with Crippen LogP contribution in [-0.2, 0) is 11.3 Å². The highest BCUT2D eigenvalue weighted by Crippen LogP contribution is 2.14. The van der Waals surface area contributed by atoms with Gasteiger partial charge in [0.05, 0.1) is 6.61 Å². The van der Waals surface area contributed by atoms with Gasteiger partial charge in [-0.1, -0.05) is 0 Å². The molecule has 0 atom stereocenters. The van der Waals surface area contributed by atoms with Gasteiger partial charge in [-0.05, 0) is 6.92 Å². The molecule has 0 amide bonds. The fourth-order valence-electron chi connectivity index (χ4n) is 1.17. The molecule has 1 rings (SSSR count). The minimum absolute atomic E-state index is 0.00820. The monoisotopic (exact) mass is 237 g/mol. The highest BCUT2D eigenvalue weighted by atomic mass is 19.4. The van der Waals surface area contributed by atoms with Crippen molar-refractivity contribution in [3.8, 4) is 0 Å². The van der Waals surface area contributed by atoms with Crippen LogP contribution in [0.2, 0.25) is 0 Å². The summed E-state index contributed by atoms with van der Waals surface area (Å²) < 4.78 is 41.5. The van der Waals surface area contributed by atoms with Gasteiger partial charge in [0, 0.05) is 25.5 Å². The third kappa shape index (κ3) is 4.52. The van der Waals surface area contributed by atoms with E-state index >= 15 is 0 Å². The molecule has 0 radical (unpaired) electrons. The molecule has 0 aliphatic carbocycles. The van der Waals surface area contributed by atoms with Crippen molar-refractivity contribution >= 4 is 5.95 Å². The first-order valence-electron chi connectivity index (χ1n) is 4.92. The van der Waals surface area contributed by atoms with Crippen LogP contribution in [0, 0.1) is 0 Å². The summed E-state index contributed by atoms with van der Waals surface area (Å²) in [7, 11) is 0. The predicted octanol–water partition coefficient (Wildman–Crippen LogP) is 1.89. The van der Waals surface area contributed by atoms with E-state index in [1.54, 1.807) is 17.0 Å². The van der Waals surface area contributed by atoms with E-state index in [2.05, 4.69) is 15.0 Å². The number of hydrogen-bond acceptors (Lipinski definition) is 3. The van der Waals surface area contributed by atoms with Gasteiger partial charge in [-0.25, -0.2) is 4.98 Å². The van der Waals surface area contributed by atoms with Crippen molar-refractivity contribution in [1.82, 2.24) is 9.55 Å². The molecule has 0 saturated carbocycles. The summed E-state index contributed by atoms with van der Waals surface area (Å²) >= 11 is 0. The fourth-order valence-corrected chi connectivity index (χ4v) is 1.17. The van der Waals surface area contributed by atoms with Crippen molar-refractivity contribution in [2.75, 3.05) is 25.1 Å². The van der Waals surface area contributed by atoms with Gasteiger partial charge in [-0.3, -0.25) is 0 Å². The Bertz CT molecular complexity index is 311. The molecule has 0 bridgehead atoms. The van der Waals surface area contributed by atoms with Crippen LogP contribution >= 0.6 is 0 Å². The maximum Gasteiger partial charge on any atom is 0.411 e. The summed E-state index contributed by atoms with van der Waals surface area (Å²) in [4.78, 5) is 4.01. The quantitative estimate of drug-likeness (QED) is 0.768. The van der Waals surface area contributed by atoms with Crippen LogP contribution in [0.4, 0.5) is 19.1 Å². The fraction of sp³-hybridized carbons (Fsp3) is 0.667. The second-order valence-electron chi connectivity index (χ2n) is 3.14.